The first-order valence-corrected chi connectivity index (χ1v) is 6.82. The Kier molecular flexibility index (Phi) is 5.16. The largest absolute Gasteiger partial charge is 0.354 e. The lowest BCUT2D eigenvalue weighted by Crippen LogP contribution is -2.30. The average Bonchev–Trinajstić information content (AvgIpc) is 2.48. The molecule has 0 aliphatic rings. The van der Waals surface area contributed by atoms with Gasteiger partial charge in [0.1, 0.15) is 0 Å². The molecule has 3 nitrogen and oxygen atoms in total. The summed E-state index contributed by atoms with van der Waals surface area (Å²) in [5.74, 6) is -0.191. The maximum atomic E-state index is 12.2. The molecule has 0 saturated carbocycles. The molecule has 0 aliphatic carbocycles. The van der Waals surface area contributed by atoms with E-state index in [4.69, 9.17) is 16.3 Å². The van der Waals surface area contributed by atoms with Crippen LogP contribution in [-0.4, -0.2) is 12.5 Å². The van der Waals surface area contributed by atoms with Crippen molar-refractivity contribution in [1.29, 1.82) is 0 Å². The molecule has 104 valence electrons. The summed E-state index contributed by atoms with van der Waals surface area (Å²) in [6.45, 7) is 2.35. The van der Waals surface area contributed by atoms with Crippen molar-refractivity contribution in [2.45, 2.75) is 13.2 Å². The lowest BCUT2D eigenvalue weighted by molar-refractivity contribution is 0.0337. The Bertz CT molecular complexity index is 572. The first-order valence-electron chi connectivity index (χ1n) is 6.44. The summed E-state index contributed by atoms with van der Waals surface area (Å²) in [5, 5.41) is 3.41. The molecule has 0 aliphatic heterocycles. The van der Waals surface area contributed by atoms with E-state index in [9.17, 15) is 4.79 Å². The molecule has 20 heavy (non-hydrogen) atoms. The third kappa shape index (κ3) is 3.59. The number of hydrogen-bond acceptors (Lipinski definition) is 2. The molecule has 0 spiro atoms. The van der Waals surface area contributed by atoms with E-state index in [0.29, 0.717) is 17.2 Å². The Morgan fingerprint density at radius 3 is 2.45 bits per heavy atom. The molecule has 4 heteroatoms. The summed E-state index contributed by atoms with van der Waals surface area (Å²) in [6, 6.07) is 16.3. The lowest BCUT2D eigenvalue weighted by atomic mass is 10.1. The monoisotopic (exact) mass is 289 g/mol. The van der Waals surface area contributed by atoms with Crippen LogP contribution in [-0.2, 0) is 4.74 Å². The molecule has 0 saturated heterocycles. The van der Waals surface area contributed by atoms with Crippen LogP contribution >= 0.6 is 11.6 Å². The zero-order valence-corrected chi connectivity index (χ0v) is 11.9. The third-order valence-corrected chi connectivity index (χ3v) is 3.16. The van der Waals surface area contributed by atoms with Gasteiger partial charge in [-0.1, -0.05) is 48.0 Å². The van der Waals surface area contributed by atoms with Gasteiger partial charge >= 0.3 is 0 Å². The highest BCUT2D eigenvalue weighted by atomic mass is 35.5. The smallest absolute Gasteiger partial charge is 0.253 e. The number of amides is 1. The van der Waals surface area contributed by atoms with Gasteiger partial charge in [0.2, 0.25) is 0 Å². The van der Waals surface area contributed by atoms with E-state index in [1.165, 1.54) is 0 Å². The van der Waals surface area contributed by atoms with Crippen molar-refractivity contribution in [3.8, 4) is 0 Å². The summed E-state index contributed by atoms with van der Waals surface area (Å²) in [6.07, 6.45) is -0.554. The van der Waals surface area contributed by atoms with E-state index in [1.807, 2.05) is 43.3 Å². The fourth-order valence-corrected chi connectivity index (χ4v) is 2.09. The zero-order chi connectivity index (χ0) is 14.4. The highest BCUT2D eigenvalue weighted by Crippen LogP contribution is 2.23. The first-order chi connectivity index (χ1) is 9.72. The van der Waals surface area contributed by atoms with Gasteiger partial charge in [-0.05, 0) is 25.1 Å². The molecule has 1 atom stereocenters. The third-order valence-electron chi connectivity index (χ3n) is 2.82. The summed E-state index contributed by atoms with van der Waals surface area (Å²) in [5.41, 5.74) is 1.34. The fourth-order valence-electron chi connectivity index (χ4n) is 1.86. The lowest BCUT2D eigenvalue weighted by Gasteiger charge is -2.20. The SMILES string of the molecule is CCOC(NC(=O)c1ccccc1)c1ccccc1Cl. The summed E-state index contributed by atoms with van der Waals surface area (Å²) in [4.78, 5) is 12.2. The van der Waals surface area contributed by atoms with Crippen LogP contribution in [0.4, 0.5) is 0 Å². The van der Waals surface area contributed by atoms with Gasteiger partial charge in [-0.25, -0.2) is 0 Å². The summed E-state index contributed by atoms with van der Waals surface area (Å²) in [7, 11) is 0. The van der Waals surface area contributed by atoms with Gasteiger partial charge in [0.15, 0.2) is 6.23 Å². The predicted molar refractivity (Wildman–Crippen MR) is 79.7 cm³/mol. The van der Waals surface area contributed by atoms with Crippen LogP contribution in [0.1, 0.15) is 29.1 Å². The minimum atomic E-state index is -0.554. The second kappa shape index (κ2) is 7.08. The number of hydrogen-bond donors (Lipinski definition) is 1. The van der Waals surface area contributed by atoms with E-state index in [-0.39, 0.29) is 5.91 Å². The second-order valence-corrected chi connectivity index (χ2v) is 4.60. The number of rotatable bonds is 5. The topological polar surface area (TPSA) is 38.3 Å². The second-order valence-electron chi connectivity index (χ2n) is 4.20. The van der Waals surface area contributed by atoms with Crippen molar-refractivity contribution in [3.05, 3.63) is 70.7 Å². The maximum Gasteiger partial charge on any atom is 0.253 e. The predicted octanol–water partition coefficient (Wildman–Crippen LogP) is 3.81. The number of benzene rings is 2. The van der Waals surface area contributed by atoms with E-state index < -0.39 is 6.23 Å². The fraction of sp³-hybridized carbons (Fsp3) is 0.188. The highest BCUT2D eigenvalue weighted by molar-refractivity contribution is 6.31. The van der Waals surface area contributed by atoms with Gasteiger partial charge in [0.05, 0.1) is 0 Å². The van der Waals surface area contributed by atoms with Gasteiger partial charge in [-0.15, -0.1) is 0 Å². The van der Waals surface area contributed by atoms with Crippen molar-refractivity contribution < 1.29 is 9.53 Å². The molecule has 0 fully saturated rings. The van der Waals surface area contributed by atoms with Crippen LogP contribution in [0.25, 0.3) is 0 Å². The van der Waals surface area contributed by atoms with Crippen LogP contribution in [0.3, 0.4) is 0 Å². The quantitative estimate of drug-likeness (QED) is 0.850. The minimum absolute atomic E-state index is 0.191. The summed E-state index contributed by atoms with van der Waals surface area (Å²) >= 11 is 6.15. The molecular formula is C16H16ClNO2. The molecule has 0 bridgehead atoms. The number of carbonyl (C=O) groups excluding carboxylic acids is 1. The van der Waals surface area contributed by atoms with Gasteiger partial charge in [-0.2, -0.15) is 0 Å². The van der Waals surface area contributed by atoms with Crippen LogP contribution in [0.15, 0.2) is 54.6 Å². The number of ether oxygens (including phenoxy) is 1. The molecule has 2 rings (SSSR count). The van der Waals surface area contributed by atoms with E-state index >= 15 is 0 Å². The molecule has 0 aromatic heterocycles. The standard InChI is InChI=1S/C16H16ClNO2/c1-2-20-16(13-10-6-7-11-14(13)17)18-15(19)12-8-4-3-5-9-12/h3-11,16H,2H2,1H3,(H,18,19). The molecular weight excluding hydrogens is 274 g/mol. The Balaban J connectivity index is 2.18. The molecule has 0 radical (unpaired) electrons. The number of carbonyl (C=O) groups is 1. The Morgan fingerprint density at radius 1 is 1.15 bits per heavy atom. The van der Waals surface area contributed by atoms with Crippen LogP contribution in [0, 0.1) is 0 Å². The normalized spacial score (nSPS) is 11.9. The minimum Gasteiger partial charge on any atom is -0.354 e. The Morgan fingerprint density at radius 2 is 1.80 bits per heavy atom. The van der Waals surface area contributed by atoms with Crippen molar-refractivity contribution in [1.82, 2.24) is 5.32 Å². The van der Waals surface area contributed by atoms with Gasteiger partial charge < -0.3 is 10.1 Å². The van der Waals surface area contributed by atoms with Crippen molar-refractivity contribution in [3.63, 3.8) is 0 Å². The van der Waals surface area contributed by atoms with E-state index in [0.717, 1.165) is 5.56 Å². The molecule has 1 N–H and O–H groups in total. The van der Waals surface area contributed by atoms with Crippen LogP contribution in [0.2, 0.25) is 5.02 Å². The molecule has 2 aromatic carbocycles. The zero-order valence-electron chi connectivity index (χ0n) is 11.2. The molecule has 0 heterocycles. The van der Waals surface area contributed by atoms with E-state index in [1.54, 1.807) is 18.2 Å². The number of halogens is 1. The Labute approximate surface area is 123 Å². The van der Waals surface area contributed by atoms with Gasteiger partial charge in [0, 0.05) is 22.8 Å². The maximum absolute atomic E-state index is 12.2. The van der Waals surface area contributed by atoms with Crippen molar-refractivity contribution in [2.75, 3.05) is 6.61 Å². The van der Waals surface area contributed by atoms with E-state index in [2.05, 4.69) is 5.32 Å². The number of nitrogens with one attached hydrogen (secondary N) is 1. The average molecular weight is 290 g/mol. The van der Waals surface area contributed by atoms with Gasteiger partial charge in [0.25, 0.3) is 5.91 Å². The first kappa shape index (κ1) is 14.6. The Hall–Kier alpha value is -1.84. The summed E-state index contributed by atoms with van der Waals surface area (Å²) < 4.78 is 5.58. The van der Waals surface area contributed by atoms with Gasteiger partial charge in [-0.3, -0.25) is 4.79 Å². The highest BCUT2D eigenvalue weighted by Gasteiger charge is 2.17. The van der Waals surface area contributed by atoms with Crippen LogP contribution in [0.5, 0.6) is 0 Å². The molecule has 1 unspecified atom stereocenters. The van der Waals surface area contributed by atoms with Crippen molar-refractivity contribution in [2.24, 2.45) is 0 Å². The van der Waals surface area contributed by atoms with Crippen molar-refractivity contribution >= 4 is 17.5 Å². The molecule has 1 amide bonds. The molecule has 2 aromatic rings. The van der Waals surface area contributed by atoms with Crippen LogP contribution < -0.4 is 5.32 Å².